The minimum atomic E-state index is 0.186. The fraction of sp³-hybridized carbons (Fsp3) is 0.562. The average molecular weight is 276 g/mol. The highest BCUT2D eigenvalue weighted by Gasteiger charge is 2.22. The van der Waals surface area contributed by atoms with Crippen LogP contribution >= 0.6 is 0 Å². The van der Waals surface area contributed by atoms with E-state index in [-0.39, 0.29) is 5.91 Å². The first-order valence-corrected chi connectivity index (χ1v) is 7.61. The zero-order chi connectivity index (χ0) is 14.4. The SMILES string of the molecule is CCCNC(=O)C[NH+]1CCN(c2ccccc2C)CC1. The number of piperazine rings is 1. The summed E-state index contributed by atoms with van der Waals surface area (Å²) >= 11 is 0. The molecule has 0 aromatic heterocycles. The number of nitrogens with one attached hydrogen (secondary N) is 2. The predicted octanol–water partition coefficient (Wildman–Crippen LogP) is 0.226. The summed E-state index contributed by atoms with van der Waals surface area (Å²) in [6.07, 6.45) is 1.00. The molecule has 1 aromatic rings. The van der Waals surface area contributed by atoms with Crippen LogP contribution in [-0.4, -0.2) is 45.2 Å². The van der Waals surface area contributed by atoms with Gasteiger partial charge in [-0.05, 0) is 25.0 Å². The number of rotatable bonds is 5. The standard InChI is InChI=1S/C16H25N3O/c1-3-8-17-16(20)13-18-9-11-19(12-10-18)15-7-5-4-6-14(15)2/h4-7H,3,8-13H2,1-2H3,(H,17,20)/p+1. The van der Waals surface area contributed by atoms with Gasteiger partial charge in [0.25, 0.3) is 5.91 Å². The van der Waals surface area contributed by atoms with E-state index in [4.69, 9.17) is 0 Å². The van der Waals surface area contributed by atoms with Crippen LogP contribution in [0.1, 0.15) is 18.9 Å². The Kier molecular flexibility index (Phi) is 5.41. The van der Waals surface area contributed by atoms with Crippen molar-refractivity contribution < 1.29 is 9.69 Å². The lowest BCUT2D eigenvalue weighted by Gasteiger charge is -2.34. The molecule has 0 radical (unpaired) electrons. The summed E-state index contributed by atoms with van der Waals surface area (Å²) in [5.74, 6) is 0.186. The summed E-state index contributed by atoms with van der Waals surface area (Å²) in [4.78, 5) is 15.6. The van der Waals surface area contributed by atoms with Crippen LogP contribution in [-0.2, 0) is 4.79 Å². The summed E-state index contributed by atoms with van der Waals surface area (Å²) in [7, 11) is 0. The molecule has 110 valence electrons. The molecule has 2 N–H and O–H groups in total. The average Bonchev–Trinajstić information content (AvgIpc) is 2.47. The maximum atomic E-state index is 11.7. The molecule has 4 nitrogen and oxygen atoms in total. The Labute approximate surface area is 121 Å². The lowest BCUT2D eigenvalue weighted by molar-refractivity contribution is -0.892. The van der Waals surface area contributed by atoms with Crippen molar-refractivity contribution in [2.45, 2.75) is 20.3 Å². The van der Waals surface area contributed by atoms with Gasteiger partial charge in [0.15, 0.2) is 6.54 Å². The smallest absolute Gasteiger partial charge is 0.275 e. The number of quaternary nitrogens is 1. The first kappa shape index (κ1) is 14.9. The van der Waals surface area contributed by atoms with Crippen molar-refractivity contribution in [3.05, 3.63) is 29.8 Å². The van der Waals surface area contributed by atoms with Crippen molar-refractivity contribution in [1.82, 2.24) is 5.32 Å². The van der Waals surface area contributed by atoms with Gasteiger partial charge in [-0.1, -0.05) is 25.1 Å². The maximum Gasteiger partial charge on any atom is 0.275 e. The molecule has 1 fully saturated rings. The van der Waals surface area contributed by atoms with Gasteiger partial charge in [-0.15, -0.1) is 0 Å². The summed E-state index contributed by atoms with van der Waals surface area (Å²) in [5, 5.41) is 2.96. The Morgan fingerprint density at radius 1 is 1.30 bits per heavy atom. The van der Waals surface area contributed by atoms with Crippen LogP contribution in [0.4, 0.5) is 5.69 Å². The topological polar surface area (TPSA) is 36.8 Å². The molecule has 1 aromatic carbocycles. The molecule has 1 amide bonds. The Bertz CT molecular complexity index is 439. The molecule has 4 heteroatoms. The van der Waals surface area contributed by atoms with E-state index in [0.717, 1.165) is 39.1 Å². The van der Waals surface area contributed by atoms with E-state index in [9.17, 15) is 4.79 Å². The molecular weight excluding hydrogens is 250 g/mol. The number of para-hydroxylation sites is 1. The van der Waals surface area contributed by atoms with Crippen molar-refractivity contribution in [2.75, 3.05) is 44.2 Å². The second kappa shape index (κ2) is 7.29. The number of hydrogen-bond acceptors (Lipinski definition) is 2. The number of hydrogen-bond donors (Lipinski definition) is 2. The van der Waals surface area contributed by atoms with Crippen LogP contribution in [0.15, 0.2) is 24.3 Å². The molecule has 0 aliphatic carbocycles. The van der Waals surface area contributed by atoms with E-state index < -0.39 is 0 Å². The van der Waals surface area contributed by atoms with Crippen LogP contribution in [0.25, 0.3) is 0 Å². The van der Waals surface area contributed by atoms with Crippen LogP contribution in [0, 0.1) is 6.92 Å². The highest BCUT2D eigenvalue weighted by molar-refractivity contribution is 5.76. The Morgan fingerprint density at radius 2 is 2.00 bits per heavy atom. The first-order valence-electron chi connectivity index (χ1n) is 7.61. The number of amides is 1. The lowest BCUT2D eigenvalue weighted by atomic mass is 10.1. The molecule has 1 aliphatic rings. The molecule has 0 saturated carbocycles. The first-order chi connectivity index (χ1) is 9.70. The number of carbonyl (C=O) groups is 1. The molecule has 20 heavy (non-hydrogen) atoms. The third-order valence-corrected chi connectivity index (χ3v) is 3.91. The lowest BCUT2D eigenvalue weighted by Crippen LogP contribution is -3.16. The summed E-state index contributed by atoms with van der Waals surface area (Å²) < 4.78 is 0. The minimum Gasteiger partial charge on any atom is -0.360 e. The van der Waals surface area contributed by atoms with Crippen LogP contribution < -0.4 is 15.1 Å². The van der Waals surface area contributed by atoms with E-state index in [0.29, 0.717) is 6.54 Å². The van der Waals surface area contributed by atoms with Gasteiger partial charge in [0.05, 0.1) is 26.2 Å². The normalized spacial score (nSPS) is 16.2. The van der Waals surface area contributed by atoms with E-state index in [1.807, 2.05) is 0 Å². The van der Waals surface area contributed by atoms with Gasteiger partial charge in [0.1, 0.15) is 0 Å². The summed E-state index contributed by atoms with van der Waals surface area (Å²) in [6, 6.07) is 8.53. The Balaban J connectivity index is 1.81. The molecule has 0 unspecified atom stereocenters. The van der Waals surface area contributed by atoms with Crippen molar-refractivity contribution in [1.29, 1.82) is 0 Å². The van der Waals surface area contributed by atoms with Crippen molar-refractivity contribution in [3.8, 4) is 0 Å². The van der Waals surface area contributed by atoms with Gasteiger partial charge in [0.2, 0.25) is 0 Å². The summed E-state index contributed by atoms with van der Waals surface area (Å²) in [5.41, 5.74) is 2.67. The van der Waals surface area contributed by atoms with Gasteiger partial charge in [-0.3, -0.25) is 4.79 Å². The van der Waals surface area contributed by atoms with Crippen LogP contribution in [0.3, 0.4) is 0 Å². The Hall–Kier alpha value is -1.55. The molecule has 0 bridgehead atoms. The second-order valence-electron chi connectivity index (χ2n) is 5.55. The van der Waals surface area contributed by atoms with Crippen molar-refractivity contribution >= 4 is 11.6 Å². The quantitative estimate of drug-likeness (QED) is 0.807. The highest BCUT2D eigenvalue weighted by Crippen LogP contribution is 2.18. The largest absolute Gasteiger partial charge is 0.360 e. The fourth-order valence-corrected chi connectivity index (χ4v) is 2.71. The van der Waals surface area contributed by atoms with Crippen molar-refractivity contribution in [3.63, 3.8) is 0 Å². The molecular formula is C16H26N3O+. The molecule has 2 rings (SSSR count). The summed E-state index contributed by atoms with van der Waals surface area (Å²) in [6.45, 7) is 9.77. The predicted molar refractivity (Wildman–Crippen MR) is 82.3 cm³/mol. The minimum absolute atomic E-state index is 0.186. The molecule has 1 aliphatic heterocycles. The van der Waals surface area contributed by atoms with E-state index in [1.165, 1.54) is 16.2 Å². The number of aryl methyl sites for hydroxylation is 1. The van der Waals surface area contributed by atoms with E-state index >= 15 is 0 Å². The van der Waals surface area contributed by atoms with E-state index in [2.05, 4.69) is 48.3 Å². The second-order valence-corrected chi connectivity index (χ2v) is 5.55. The van der Waals surface area contributed by atoms with Gasteiger partial charge in [-0.2, -0.15) is 0 Å². The third-order valence-electron chi connectivity index (χ3n) is 3.91. The van der Waals surface area contributed by atoms with Crippen LogP contribution in [0.5, 0.6) is 0 Å². The third kappa shape index (κ3) is 3.97. The van der Waals surface area contributed by atoms with Crippen LogP contribution in [0.2, 0.25) is 0 Å². The maximum absolute atomic E-state index is 11.7. The van der Waals surface area contributed by atoms with Gasteiger partial charge in [-0.25, -0.2) is 0 Å². The highest BCUT2D eigenvalue weighted by atomic mass is 16.2. The zero-order valence-electron chi connectivity index (χ0n) is 12.6. The van der Waals surface area contributed by atoms with Crippen molar-refractivity contribution in [2.24, 2.45) is 0 Å². The van der Waals surface area contributed by atoms with E-state index in [1.54, 1.807) is 0 Å². The molecule has 0 atom stereocenters. The number of benzene rings is 1. The van der Waals surface area contributed by atoms with Gasteiger partial charge < -0.3 is 15.1 Å². The molecule has 0 spiro atoms. The number of nitrogens with zero attached hydrogens (tertiary/aromatic N) is 1. The monoisotopic (exact) mass is 276 g/mol. The Morgan fingerprint density at radius 3 is 2.65 bits per heavy atom. The number of anilines is 1. The fourth-order valence-electron chi connectivity index (χ4n) is 2.71. The molecule has 1 heterocycles. The number of carbonyl (C=O) groups excluding carboxylic acids is 1. The molecule has 1 saturated heterocycles. The van der Waals surface area contributed by atoms with Gasteiger partial charge in [0, 0.05) is 12.2 Å². The van der Waals surface area contributed by atoms with Gasteiger partial charge >= 0.3 is 0 Å². The zero-order valence-corrected chi connectivity index (χ0v) is 12.6.